The van der Waals surface area contributed by atoms with E-state index in [2.05, 4.69) is 38.2 Å². The number of carbonyl (C=O) groups excluding carboxylic acids is 2. The number of aliphatic hydroxyl groups excluding tert-OH is 11. The standard InChI is InChI=1S/C55H99O23P/c1-3-5-7-9-11-13-15-17-18-20-22-24-26-28-30-32-41(59)73-37(35-71-40(58)31-29-27-25-23-21-19-16-14-12-10-8-6-4-2)36-72-79(69,70)78-53-51(76-54-49(67)44(62)42(60)38(33-56)74-54)47(65)46(64)48(66)52(53)77-55-50(68)45(63)43(61)39(34-57)75-55/h13,15,19,21,37-39,42-57,60-68H,3-12,14,16-18,20,22-36H2,1-2H3,(H,69,70). The number of unbranched alkanes of at least 4 members (excludes halogenated alkanes) is 20. The van der Waals surface area contributed by atoms with E-state index in [-0.39, 0.29) is 12.8 Å². The van der Waals surface area contributed by atoms with Crippen molar-refractivity contribution in [2.45, 2.75) is 285 Å². The lowest BCUT2D eigenvalue weighted by Crippen LogP contribution is -2.69. The van der Waals surface area contributed by atoms with Crippen LogP contribution in [0, 0.1) is 0 Å². The maximum Gasteiger partial charge on any atom is 0.472 e. The molecule has 16 unspecified atom stereocenters. The van der Waals surface area contributed by atoms with Crippen LogP contribution in [-0.4, -0.2) is 204 Å². The number of rotatable bonds is 42. The second kappa shape index (κ2) is 40.2. The highest BCUT2D eigenvalue weighted by atomic mass is 31.2. The van der Waals surface area contributed by atoms with Crippen molar-refractivity contribution in [3.63, 3.8) is 0 Å². The number of carbonyl (C=O) groups is 2. The Morgan fingerprint density at radius 3 is 1.27 bits per heavy atom. The van der Waals surface area contributed by atoms with Crippen LogP contribution in [0.4, 0.5) is 0 Å². The monoisotopic (exact) mass is 1160 g/mol. The number of phosphoric acid groups is 1. The summed E-state index contributed by atoms with van der Waals surface area (Å²) in [6.45, 7) is 0.958. The van der Waals surface area contributed by atoms with Crippen LogP contribution in [0.1, 0.15) is 181 Å². The molecule has 2 heterocycles. The van der Waals surface area contributed by atoms with Gasteiger partial charge in [-0.3, -0.25) is 18.6 Å². The third-order valence-corrected chi connectivity index (χ3v) is 15.5. The van der Waals surface area contributed by atoms with E-state index < -0.39 is 150 Å². The number of hydrogen-bond donors (Lipinski definition) is 12. The smallest absolute Gasteiger partial charge is 0.462 e. The fourth-order valence-corrected chi connectivity index (χ4v) is 10.5. The summed E-state index contributed by atoms with van der Waals surface area (Å²) in [7, 11) is -5.64. The maximum absolute atomic E-state index is 14.0. The van der Waals surface area contributed by atoms with Gasteiger partial charge in [-0.1, -0.05) is 128 Å². The highest BCUT2D eigenvalue weighted by Gasteiger charge is 2.58. The van der Waals surface area contributed by atoms with Crippen molar-refractivity contribution in [2.75, 3.05) is 26.4 Å². The third-order valence-electron chi connectivity index (χ3n) is 14.5. The second-order valence-corrected chi connectivity index (χ2v) is 22.6. The molecular formula is C55H99O23P. The first-order chi connectivity index (χ1) is 37.9. The van der Waals surface area contributed by atoms with E-state index in [0.29, 0.717) is 12.8 Å². The van der Waals surface area contributed by atoms with Gasteiger partial charge in [0.25, 0.3) is 0 Å². The maximum atomic E-state index is 14.0. The van der Waals surface area contributed by atoms with E-state index >= 15 is 0 Å². The van der Waals surface area contributed by atoms with Crippen LogP contribution in [0.15, 0.2) is 24.3 Å². The van der Waals surface area contributed by atoms with Gasteiger partial charge < -0.3 is 89.5 Å². The number of ether oxygens (including phenoxy) is 6. The van der Waals surface area contributed by atoms with E-state index in [1.54, 1.807) is 0 Å². The average molecular weight is 1160 g/mol. The summed E-state index contributed by atoms with van der Waals surface area (Å²) in [4.78, 5) is 37.5. The predicted molar refractivity (Wildman–Crippen MR) is 286 cm³/mol. The molecule has 0 aromatic carbocycles. The molecule has 0 aromatic heterocycles. The summed E-state index contributed by atoms with van der Waals surface area (Å²) in [6.07, 6.45) is -1.19. The zero-order valence-corrected chi connectivity index (χ0v) is 47.5. The lowest BCUT2D eigenvalue weighted by atomic mass is 9.84. The van der Waals surface area contributed by atoms with Crippen LogP contribution < -0.4 is 0 Å². The van der Waals surface area contributed by atoms with E-state index in [9.17, 15) is 75.2 Å². The molecule has 3 fully saturated rings. The Labute approximate surface area is 466 Å². The Balaban J connectivity index is 1.72. The van der Waals surface area contributed by atoms with Crippen LogP contribution in [0.3, 0.4) is 0 Å². The van der Waals surface area contributed by atoms with Crippen molar-refractivity contribution in [3.8, 4) is 0 Å². The predicted octanol–water partition coefficient (Wildman–Crippen LogP) is 3.70. The minimum Gasteiger partial charge on any atom is -0.462 e. The molecule has 79 heavy (non-hydrogen) atoms. The summed E-state index contributed by atoms with van der Waals surface area (Å²) in [5, 5.41) is 117. The lowest BCUT2D eigenvalue weighted by Gasteiger charge is -2.49. The second-order valence-electron chi connectivity index (χ2n) is 21.2. The molecule has 16 atom stereocenters. The molecule has 0 spiro atoms. The molecule has 2 saturated heterocycles. The first-order valence-electron chi connectivity index (χ1n) is 29.2. The van der Waals surface area contributed by atoms with Gasteiger partial charge >= 0.3 is 19.8 Å². The van der Waals surface area contributed by atoms with Crippen LogP contribution in [-0.2, 0) is 51.6 Å². The normalized spacial score (nSPS) is 31.6. The SMILES string of the molecule is CCCCCCC=CCCCCCCCCCC(=O)OC(COC(=O)CCCCCC=CCCCCCCCC)COP(=O)(O)OC1C(OC2OC(CO)C(O)C(O)C2O)C(O)C(O)C(O)C1OC1OC(CO)C(O)C(O)C1O. The summed E-state index contributed by atoms with van der Waals surface area (Å²) in [5.74, 6) is -1.36. The minimum atomic E-state index is -5.64. The number of aliphatic hydroxyl groups is 11. The molecule has 1 aliphatic carbocycles. The van der Waals surface area contributed by atoms with Crippen LogP contribution in [0.25, 0.3) is 0 Å². The van der Waals surface area contributed by atoms with Crippen molar-refractivity contribution < 1.29 is 113 Å². The molecule has 1 saturated carbocycles. The van der Waals surface area contributed by atoms with Crippen molar-refractivity contribution in [3.05, 3.63) is 24.3 Å². The topological polar surface area (TPSA) is 368 Å². The molecule has 0 bridgehead atoms. The molecular weight excluding hydrogens is 1060 g/mol. The van der Waals surface area contributed by atoms with Gasteiger partial charge in [-0.15, -0.1) is 0 Å². The first-order valence-corrected chi connectivity index (χ1v) is 30.7. The Kier molecular flexibility index (Phi) is 36.3. The largest absolute Gasteiger partial charge is 0.472 e. The molecule has 12 N–H and O–H groups in total. The van der Waals surface area contributed by atoms with Crippen LogP contribution >= 0.6 is 7.82 Å². The average Bonchev–Trinajstić information content (AvgIpc) is 3.55. The summed E-state index contributed by atoms with van der Waals surface area (Å²) in [6, 6.07) is 0. The summed E-state index contributed by atoms with van der Waals surface area (Å²) >= 11 is 0. The minimum absolute atomic E-state index is 0.0320. The highest BCUT2D eigenvalue weighted by Crippen LogP contribution is 2.49. The highest BCUT2D eigenvalue weighted by molar-refractivity contribution is 7.47. The van der Waals surface area contributed by atoms with Crippen molar-refractivity contribution >= 4 is 19.8 Å². The summed E-state index contributed by atoms with van der Waals surface area (Å²) < 4.78 is 58.0. The quantitative estimate of drug-likeness (QED) is 0.0179. The summed E-state index contributed by atoms with van der Waals surface area (Å²) in [5.41, 5.74) is 0. The lowest BCUT2D eigenvalue weighted by molar-refractivity contribution is -0.360. The Hall–Kier alpha value is -2.07. The van der Waals surface area contributed by atoms with Gasteiger partial charge in [0.05, 0.1) is 19.8 Å². The van der Waals surface area contributed by atoms with Gasteiger partial charge in [-0.2, -0.15) is 0 Å². The zero-order valence-electron chi connectivity index (χ0n) is 46.6. The molecule has 2 aliphatic heterocycles. The number of esters is 2. The van der Waals surface area contributed by atoms with Gasteiger partial charge in [0.1, 0.15) is 92.1 Å². The fourth-order valence-electron chi connectivity index (χ4n) is 9.58. The molecule has 0 amide bonds. The van der Waals surface area contributed by atoms with E-state index in [1.807, 2.05) is 0 Å². The molecule has 3 rings (SSSR count). The van der Waals surface area contributed by atoms with Crippen molar-refractivity contribution in [1.29, 1.82) is 0 Å². The van der Waals surface area contributed by atoms with E-state index in [4.69, 9.17) is 37.5 Å². The van der Waals surface area contributed by atoms with Gasteiger partial charge in [0.2, 0.25) is 0 Å². The first kappa shape index (κ1) is 71.2. The van der Waals surface area contributed by atoms with Gasteiger partial charge in [0.15, 0.2) is 18.7 Å². The van der Waals surface area contributed by atoms with E-state index in [1.165, 1.54) is 57.8 Å². The molecule has 462 valence electrons. The number of phosphoric ester groups is 1. The molecule has 24 heteroatoms. The van der Waals surface area contributed by atoms with E-state index in [0.717, 1.165) is 83.5 Å². The van der Waals surface area contributed by atoms with Gasteiger partial charge in [0, 0.05) is 12.8 Å². The molecule has 0 aromatic rings. The fraction of sp³-hybridized carbons (Fsp3) is 0.891. The number of hydrogen-bond acceptors (Lipinski definition) is 22. The number of allylic oxidation sites excluding steroid dienone is 4. The Bertz CT molecular complexity index is 1670. The van der Waals surface area contributed by atoms with Crippen LogP contribution in [0.2, 0.25) is 0 Å². The third kappa shape index (κ3) is 26.2. The Morgan fingerprint density at radius 2 is 0.835 bits per heavy atom. The molecule has 3 aliphatic rings. The van der Waals surface area contributed by atoms with Crippen molar-refractivity contribution in [2.24, 2.45) is 0 Å². The zero-order chi connectivity index (χ0) is 58.2. The van der Waals surface area contributed by atoms with Crippen molar-refractivity contribution in [1.82, 2.24) is 0 Å². The molecule has 23 nitrogen and oxygen atoms in total. The van der Waals surface area contributed by atoms with Gasteiger partial charge in [-0.05, 0) is 64.2 Å². The molecule has 0 radical (unpaired) electrons. The van der Waals surface area contributed by atoms with Gasteiger partial charge in [-0.25, -0.2) is 4.57 Å². The Morgan fingerprint density at radius 1 is 0.468 bits per heavy atom. The van der Waals surface area contributed by atoms with Crippen LogP contribution in [0.5, 0.6) is 0 Å².